The summed E-state index contributed by atoms with van der Waals surface area (Å²) in [5.74, 6) is -0.524. The quantitative estimate of drug-likeness (QED) is 0.0412. The fourth-order valence-electron chi connectivity index (χ4n) is 11.9. The van der Waals surface area contributed by atoms with Crippen molar-refractivity contribution in [1.29, 1.82) is 0 Å². The molecule has 2 aromatic heterocycles. The minimum absolute atomic E-state index is 0.0152. The van der Waals surface area contributed by atoms with Gasteiger partial charge in [0.05, 0.1) is 27.6 Å². The number of fused-ring (bicyclic) bond motifs is 6. The Morgan fingerprint density at radius 3 is 2.55 bits per heavy atom. The van der Waals surface area contributed by atoms with Crippen molar-refractivity contribution in [2.45, 2.75) is 93.9 Å². The number of halogens is 2. The number of carbonyl (C=O) groups excluding carboxylic acids is 5. The minimum Gasteiger partial charge on any atom is -0.461 e. The molecule has 0 spiro atoms. The van der Waals surface area contributed by atoms with Gasteiger partial charge in [0.25, 0.3) is 11.8 Å². The number of benzene rings is 3. The molecule has 6 aliphatic heterocycles. The number of imide groups is 2. The molecule has 5 saturated heterocycles. The van der Waals surface area contributed by atoms with Crippen molar-refractivity contribution in [3.05, 3.63) is 95.2 Å². The molecule has 5 aromatic rings. The van der Waals surface area contributed by atoms with E-state index in [-0.39, 0.29) is 78.1 Å². The summed E-state index contributed by atoms with van der Waals surface area (Å²) in [6.45, 7) is 7.51. The van der Waals surface area contributed by atoms with Crippen LogP contribution in [-0.4, -0.2) is 130 Å². The maximum atomic E-state index is 17.2. The van der Waals surface area contributed by atoms with E-state index in [0.29, 0.717) is 85.2 Å². The van der Waals surface area contributed by atoms with E-state index in [0.717, 1.165) is 42.6 Å². The Morgan fingerprint density at radius 1 is 0.945 bits per heavy atom. The van der Waals surface area contributed by atoms with Gasteiger partial charge in [-0.05, 0) is 81.4 Å². The van der Waals surface area contributed by atoms with Crippen molar-refractivity contribution in [2.75, 3.05) is 56.2 Å². The second-order valence-corrected chi connectivity index (χ2v) is 20.0. The van der Waals surface area contributed by atoms with Crippen LogP contribution in [0.1, 0.15) is 90.5 Å². The number of nitrogens with zero attached hydrogens (tertiary/aromatic N) is 6. The highest BCUT2D eigenvalue weighted by atomic mass is 19.1. The lowest BCUT2D eigenvalue weighted by Crippen LogP contribution is -2.54. The average molecular weight is 993 g/mol. The lowest BCUT2D eigenvalue weighted by molar-refractivity contribution is -0.136. The summed E-state index contributed by atoms with van der Waals surface area (Å²) in [4.78, 5) is 83.3. The molecule has 0 saturated carbocycles. The summed E-state index contributed by atoms with van der Waals surface area (Å²) in [6, 6.07) is 12.5. The highest BCUT2D eigenvalue weighted by molar-refractivity contribution is 6.25. The first kappa shape index (κ1) is 47.7. The average Bonchev–Trinajstić information content (AvgIpc) is 4.09. The Hall–Kier alpha value is -7.56. The number of aromatic nitrogens is 3. The summed E-state index contributed by atoms with van der Waals surface area (Å²) in [6.07, 6.45) is 13.3. The van der Waals surface area contributed by atoms with E-state index in [1.165, 1.54) is 6.07 Å². The van der Waals surface area contributed by atoms with Gasteiger partial charge in [0.2, 0.25) is 11.8 Å². The van der Waals surface area contributed by atoms with Gasteiger partial charge in [-0.25, -0.2) is 13.6 Å². The van der Waals surface area contributed by atoms with Gasteiger partial charge in [0.15, 0.2) is 5.82 Å². The van der Waals surface area contributed by atoms with Crippen molar-refractivity contribution < 1.29 is 42.2 Å². The summed E-state index contributed by atoms with van der Waals surface area (Å²) < 4.78 is 44.5. The number of nitrogens with one attached hydrogen (secondary N) is 4. The number of hydrogen-bond acceptors (Lipinski definition) is 14. The first-order chi connectivity index (χ1) is 35.4. The fourth-order valence-corrected chi connectivity index (χ4v) is 11.9. The standard InChI is InChI=1S/C54H54F2N10O7/c1-3-35-39(55)16-13-31-9-7-10-36(43(31)35)46-45(56)47-38(24-59-46)48(64-26-32-14-15-33(27-64)60-32)63-52(62-47)73-29-54-20-19-34(65(54)25-30(2)23-54)28-72-53(71)58-22-6-4-5-21-57-40-12-8-11-37-44(40)51(70)66(50(37)69)41-17-18-42(67)61-49(41)68/h1,7-13,16,24,32-34,41,57,60H,2,4-6,14-15,17-23,25-29H2,(H,58,71)(H,61,67,68)/t32?,33?,34-,41?,54-/m0/s1. The fraction of sp³-hybridized carbons (Fsp3) is 0.407. The van der Waals surface area contributed by atoms with Crippen molar-refractivity contribution in [3.63, 3.8) is 0 Å². The molecule has 3 unspecified atom stereocenters. The van der Waals surface area contributed by atoms with Crippen LogP contribution in [0.5, 0.6) is 6.01 Å². The van der Waals surface area contributed by atoms with E-state index < -0.39 is 52.9 Å². The molecular formula is C54H54F2N10O7. The lowest BCUT2D eigenvalue weighted by Gasteiger charge is -2.35. The monoisotopic (exact) mass is 992 g/mol. The second kappa shape index (κ2) is 19.5. The lowest BCUT2D eigenvalue weighted by atomic mass is 9.94. The maximum Gasteiger partial charge on any atom is 0.407 e. The second-order valence-electron chi connectivity index (χ2n) is 20.0. The number of alkyl carbamates (subject to hydrolysis) is 1. The van der Waals surface area contributed by atoms with Gasteiger partial charge in [0, 0.05) is 80.1 Å². The molecule has 17 nitrogen and oxygen atoms in total. The molecule has 73 heavy (non-hydrogen) atoms. The summed E-state index contributed by atoms with van der Waals surface area (Å²) in [5, 5.41) is 13.4. The molecule has 11 rings (SSSR count). The predicted octanol–water partition coefficient (Wildman–Crippen LogP) is 6.00. The van der Waals surface area contributed by atoms with Gasteiger partial charge in [-0.2, -0.15) is 9.97 Å². The van der Waals surface area contributed by atoms with Crippen LogP contribution in [0.2, 0.25) is 0 Å². The number of amides is 5. The number of terminal acetylenes is 1. The number of hydrogen-bond donors (Lipinski definition) is 4. The number of anilines is 2. The molecule has 3 aromatic carbocycles. The predicted molar refractivity (Wildman–Crippen MR) is 267 cm³/mol. The highest BCUT2D eigenvalue weighted by Crippen LogP contribution is 2.45. The molecule has 5 amide bonds. The van der Waals surface area contributed by atoms with Gasteiger partial charge in [-0.3, -0.25) is 39.3 Å². The third-order valence-corrected chi connectivity index (χ3v) is 15.3. The van der Waals surface area contributed by atoms with E-state index in [9.17, 15) is 24.0 Å². The maximum absolute atomic E-state index is 17.2. The topological polar surface area (TPSA) is 200 Å². The number of rotatable bonds is 15. The van der Waals surface area contributed by atoms with E-state index >= 15 is 8.78 Å². The van der Waals surface area contributed by atoms with Crippen LogP contribution in [0.3, 0.4) is 0 Å². The molecule has 376 valence electrons. The third kappa shape index (κ3) is 8.86. The molecule has 6 aliphatic rings. The summed E-state index contributed by atoms with van der Waals surface area (Å²) in [7, 11) is 0. The molecule has 19 heteroatoms. The molecule has 2 bridgehead atoms. The SMILES string of the molecule is C#Cc1c(F)ccc2cccc(-c3ncc4c(N5CC6CCC(C5)N6)nc(OC[C@@]56CC[C@@H](COC(=O)NCCCCCNc7cccc8c7C(=O)N(C7CCC(=O)NC7=O)C8=O)N5CC(=C)C6)nc4c3F)c12. The van der Waals surface area contributed by atoms with Gasteiger partial charge >= 0.3 is 12.1 Å². The molecule has 8 heterocycles. The number of ether oxygens (including phenoxy) is 2. The van der Waals surface area contributed by atoms with Crippen molar-refractivity contribution in [3.8, 4) is 29.6 Å². The number of pyridine rings is 1. The number of unbranched alkanes of at least 4 members (excludes halogenated alkanes) is 2. The number of piperazine rings is 1. The zero-order valence-electron chi connectivity index (χ0n) is 40.1. The van der Waals surface area contributed by atoms with Crippen LogP contribution < -0.4 is 30.9 Å². The molecule has 5 atom stereocenters. The Kier molecular flexibility index (Phi) is 12.7. The highest BCUT2D eigenvalue weighted by Gasteiger charge is 2.52. The Balaban J connectivity index is 0.708. The van der Waals surface area contributed by atoms with E-state index in [1.807, 2.05) is 0 Å². The molecule has 5 fully saturated rings. The van der Waals surface area contributed by atoms with E-state index in [2.05, 4.69) is 48.6 Å². The van der Waals surface area contributed by atoms with Crippen molar-refractivity contribution >= 4 is 62.9 Å². The van der Waals surface area contributed by atoms with Crippen LogP contribution in [0.25, 0.3) is 32.9 Å². The van der Waals surface area contributed by atoms with E-state index in [1.54, 1.807) is 48.7 Å². The Bertz CT molecular complexity index is 3170. The Morgan fingerprint density at radius 2 is 1.74 bits per heavy atom. The number of carbonyl (C=O) groups is 5. The zero-order valence-corrected chi connectivity index (χ0v) is 40.1. The first-order valence-corrected chi connectivity index (χ1v) is 25.0. The van der Waals surface area contributed by atoms with Crippen LogP contribution in [0.15, 0.2) is 66.9 Å². The van der Waals surface area contributed by atoms with Gasteiger partial charge < -0.3 is 30.3 Å². The third-order valence-electron chi connectivity index (χ3n) is 15.3. The Labute approximate surface area is 419 Å². The summed E-state index contributed by atoms with van der Waals surface area (Å²) >= 11 is 0. The zero-order chi connectivity index (χ0) is 50.5. The van der Waals surface area contributed by atoms with Crippen LogP contribution in [0.4, 0.5) is 25.1 Å². The first-order valence-electron chi connectivity index (χ1n) is 25.0. The van der Waals surface area contributed by atoms with Crippen LogP contribution in [0, 0.1) is 24.0 Å². The van der Waals surface area contributed by atoms with Gasteiger partial charge in [0.1, 0.15) is 42.1 Å². The van der Waals surface area contributed by atoms with Gasteiger partial charge in [-0.15, -0.1) is 6.42 Å². The van der Waals surface area contributed by atoms with Crippen LogP contribution >= 0.6 is 0 Å². The normalized spacial score (nSPS) is 23.5. The van der Waals surface area contributed by atoms with Crippen molar-refractivity contribution in [1.82, 2.24) is 40.7 Å². The molecule has 4 N–H and O–H groups in total. The minimum atomic E-state index is -1.04. The van der Waals surface area contributed by atoms with Crippen molar-refractivity contribution in [2.24, 2.45) is 0 Å². The largest absolute Gasteiger partial charge is 0.461 e. The van der Waals surface area contributed by atoms with Crippen LogP contribution in [-0.2, 0) is 14.3 Å². The number of piperidine rings is 1. The van der Waals surface area contributed by atoms with Gasteiger partial charge in [-0.1, -0.05) is 48.4 Å². The smallest absolute Gasteiger partial charge is 0.407 e. The molecule has 0 aliphatic carbocycles. The summed E-state index contributed by atoms with van der Waals surface area (Å²) in [5.41, 5.74) is 1.85. The molecule has 0 radical (unpaired) electrons. The molecular weight excluding hydrogens is 939 g/mol. The van der Waals surface area contributed by atoms with E-state index in [4.69, 9.17) is 25.9 Å².